The number of carbonyl (C=O) groups is 1. The van der Waals surface area contributed by atoms with Gasteiger partial charge in [0.1, 0.15) is 11.5 Å². The van der Waals surface area contributed by atoms with E-state index in [0.717, 1.165) is 33.8 Å². The van der Waals surface area contributed by atoms with Gasteiger partial charge in [0, 0.05) is 17.0 Å². The number of carbonyl (C=O) groups excluding carboxylic acids is 1. The first-order valence-electron chi connectivity index (χ1n) is 8.37. The van der Waals surface area contributed by atoms with Crippen LogP contribution in [0.4, 0.5) is 0 Å². The number of amides is 1. The first kappa shape index (κ1) is 17.6. The molecule has 2 aromatic carbocycles. The minimum absolute atomic E-state index is 0.0155. The van der Waals surface area contributed by atoms with Gasteiger partial charge in [-0.3, -0.25) is 4.79 Å². The lowest BCUT2D eigenvalue weighted by molar-refractivity contribution is -0.124. The summed E-state index contributed by atoms with van der Waals surface area (Å²) in [6.45, 7) is 6.57. The summed E-state index contributed by atoms with van der Waals surface area (Å²) in [5.41, 5.74) is 4.15. The normalized spacial score (nSPS) is 15.9. The Labute approximate surface area is 153 Å². The van der Waals surface area contributed by atoms with Gasteiger partial charge in [-0.05, 0) is 55.7 Å². The predicted octanol–water partition coefficient (Wildman–Crippen LogP) is 4.28. The molecule has 1 amide bonds. The van der Waals surface area contributed by atoms with Crippen LogP contribution in [0.2, 0.25) is 5.02 Å². The highest BCUT2D eigenvalue weighted by molar-refractivity contribution is 6.30. The van der Waals surface area contributed by atoms with Crippen molar-refractivity contribution < 1.29 is 14.3 Å². The molecule has 1 aliphatic heterocycles. The van der Waals surface area contributed by atoms with Gasteiger partial charge < -0.3 is 14.8 Å². The van der Waals surface area contributed by atoms with Crippen molar-refractivity contribution in [1.82, 2.24) is 5.32 Å². The molecule has 1 aliphatic rings. The summed E-state index contributed by atoms with van der Waals surface area (Å²) in [5, 5.41) is 3.65. The number of aryl methyl sites for hydroxylation is 2. The van der Waals surface area contributed by atoms with Crippen molar-refractivity contribution in [3.8, 4) is 11.5 Å². The monoisotopic (exact) mass is 359 g/mol. The molecule has 2 aromatic rings. The van der Waals surface area contributed by atoms with E-state index in [-0.39, 0.29) is 18.6 Å². The number of nitrogens with one attached hydrogen (secondary N) is 1. The molecule has 1 unspecified atom stereocenters. The van der Waals surface area contributed by atoms with E-state index < -0.39 is 0 Å². The van der Waals surface area contributed by atoms with Crippen LogP contribution >= 0.6 is 11.6 Å². The van der Waals surface area contributed by atoms with Gasteiger partial charge in [0.05, 0.1) is 12.6 Å². The zero-order valence-corrected chi connectivity index (χ0v) is 15.4. The van der Waals surface area contributed by atoms with Gasteiger partial charge in [0.15, 0.2) is 6.61 Å². The van der Waals surface area contributed by atoms with Gasteiger partial charge in [0.25, 0.3) is 5.91 Å². The topological polar surface area (TPSA) is 47.6 Å². The number of halogens is 1. The maximum atomic E-state index is 12.4. The Morgan fingerprint density at radius 2 is 2.00 bits per heavy atom. The molecule has 1 N–H and O–H groups in total. The molecule has 4 nitrogen and oxygen atoms in total. The van der Waals surface area contributed by atoms with Crippen LogP contribution in [0.25, 0.3) is 0 Å². The van der Waals surface area contributed by atoms with Crippen LogP contribution < -0.4 is 14.8 Å². The third kappa shape index (κ3) is 3.90. The van der Waals surface area contributed by atoms with Crippen LogP contribution in [-0.2, 0) is 4.79 Å². The number of fused-ring (bicyclic) bond motifs is 1. The Morgan fingerprint density at radius 1 is 1.24 bits per heavy atom. The number of hydrogen-bond donors (Lipinski definition) is 1. The van der Waals surface area contributed by atoms with E-state index in [4.69, 9.17) is 21.1 Å². The van der Waals surface area contributed by atoms with E-state index in [1.54, 1.807) is 6.07 Å². The summed E-state index contributed by atoms with van der Waals surface area (Å²) in [7, 11) is 0. The molecule has 0 radical (unpaired) electrons. The fraction of sp³-hybridized carbons (Fsp3) is 0.350. The molecule has 25 heavy (non-hydrogen) atoms. The van der Waals surface area contributed by atoms with E-state index in [0.29, 0.717) is 18.1 Å². The zero-order valence-electron chi connectivity index (χ0n) is 14.7. The molecular weight excluding hydrogens is 338 g/mol. The predicted molar refractivity (Wildman–Crippen MR) is 98.6 cm³/mol. The van der Waals surface area contributed by atoms with Crippen molar-refractivity contribution in [3.05, 3.63) is 57.6 Å². The standard InChI is InChI=1S/C20H22ClNO3/c1-12-4-5-13(2)20(14(12)3)25-11-19(23)22-17-8-9-24-18-7-6-15(21)10-16(17)18/h4-7,10,17H,8-9,11H2,1-3H3,(H,22,23). The highest BCUT2D eigenvalue weighted by Gasteiger charge is 2.23. The minimum Gasteiger partial charge on any atom is -0.493 e. The van der Waals surface area contributed by atoms with E-state index in [1.807, 2.05) is 39.0 Å². The summed E-state index contributed by atoms with van der Waals surface area (Å²) in [6.07, 6.45) is 0.710. The highest BCUT2D eigenvalue weighted by atomic mass is 35.5. The maximum absolute atomic E-state index is 12.4. The summed E-state index contributed by atoms with van der Waals surface area (Å²) < 4.78 is 11.4. The first-order chi connectivity index (χ1) is 12.0. The SMILES string of the molecule is Cc1ccc(C)c(OCC(=O)NC2CCOc3ccc(Cl)cc32)c1C. The lowest BCUT2D eigenvalue weighted by Gasteiger charge is -2.27. The fourth-order valence-corrected chi connectivity index (χ4v) is 3.22. The summed E-state index contributed by atoms with van der Waals surface area (Å²) in [5.74, 6) is 1.40. The molecule has 132 valence electrons. The molecule has 0 spiro atoms. The number of benzene rings is 2. The fourth-order valence-electron chi connectivity index (χ4n) is 3.04. The molecule has 0 saturated heterocycles. The average molecular weight is 360 g/mol. The number of ether oxygens (including phenoxy) is 2. The summed E-state index contributed by atoms with van der Waals surface area (Å²) in [6, 6.07) is 9.42. The third-order valence-electron chi connectivity index (χ3n) is 4.57. The van der Waals surface area contributed by atoms with Crippen LogP contribution in [0.5, 0.6) is 11.5 Å². The molecule has 5 heteroatoms. The van der Waals surface area contributed by atoms with Crippen molar-refractivity contribution in [1.29, 1.82) is 0 Å². The second-order valence-electron chi connectivity index (χ2n) is 6.38. The largest absolute Gasteiger partial charge is 0.493 e. The van der Waals surface area contributed by atoms with Crippen molar-refractivity contribution in [2.24, 2.45) is 0 Å². The van der Waals surface area contributed by atoms with E-state index in [9.17, 15) is 4.79 Å². The number of hydrogen-bond acceptors (Lipinski definition) is 3. The molecular formula is C20H22ClNO3. The molecule has 1 atom stereocenters. The Morgan fingerprint density at radius 3 is 2.80 bits per heavy atom. The second kappa shape index (κ2) is 7.36. The zero-order chi connectivity index (χ0) is 18.0. The van der Waals surface area contributed by atoms with Crippen LogP contribution in [-0.4, -0.2) is 19.1 Å². The molecule has 3 rings (SSSR count). The Kier molecular flexibility index (Phi) is 5.19. The van der Waals surface area contributed by atoms with Gasteiger partial charge in [0.2, 0.25) is 0 Å². The van der Waals surface area contributed by atoms with Gasteiger partial charge >= 0.3 is 0 Å². The maximum Gasteiger partial charge on any atom is 0.258 e. The van der Waals surface area contributed by atoms with E-state index in [1.165, 1.54) is 0 Å². The molecule has 0 aliphatic carbocycles. The lowest BCUT2D eigenvalue weighted by Crippen LogP contribution is -2.35. The summed E-state index contributed by atoms with van der Waals surface area (Å²) >= 11 is 6.08. The van der Waals surface area contributed by atoms with Gasteiger partial charge in [-0.25, -0.2) is 0 Å². The molecule has 0 saturated carbocycles. The van der Waals surface area contributed by atoms with Crippen LogP contribution in [0.1, 0.15) is 34.7 Å². The van der Waals surface area contributed by atoms with Gasteiger partial charge in [-0.1, -0.05) is 23.7 Å². The van der Waals surface area contributed by atoms with Crippen molar-refractivity contribution in [3.63, 3.8) is 0 Å². The highest BCUT2D eigenvalue weighted by Crippen LogP contribution is 2.34. The average Bonchev–Trinajstić information content (AvgIpc) is 2.59. The molecule has 0 aromatic heterocycles. The Bertz CT molecular complexity index is 804. The van der Waals surface area contributed by atoms with Crippen LogP contribution in [0.3, 0.4) is 0 Å². The Balaban J connectivity index is 1.67. The van der Waals surface area contributed by atoms with Crippen LogP contribution in [0, 0.1) is 20.8 Å². The first-order valence-corrected chi connectivity index (χ1v) is 8.74. The number of rotatable bonds is 4. The van der Waals surface area contributed by atoms with Crippen molar-refractivity contribution in [2.45, 2.75) is 33.2 Å². The lowest BCUT2D eigenvalue weighted by atomic mass is 10.0. The Hall–Kier alpha value is -2.20. The van der Waals surface area contributed by atoms with Crippen molar-refractivity contribution >= 4 is 17.5 Å². The molecule has 0 fully saturated rings. The quantitative estimate of drug-likeness (QED) is 0.886. The van der Waals surface area contributed by atoms with Crippen LogP contribution in [0.15, 0.2) is 30.3 Å². The van der Waals surface area contributed by atoms with Crippen molar-refractivity contribution in [2.75, 3.05) is 13.2 Å². The summed E-state index contributed by atoms with van der Waals surface area (Å²) in [4.78, 5) is 12.4. The van der Waals surface area contributed by atoms with Gasteiger partial charge in [-0.2, -0.15) is 0 Å². The van der Waals surface area contributed by atoms with Gasteiger partial charge in [-0.15, -0.1) is 0 Å². The van der Waals surface area contributed by atoms with E-state index in [2.05, 4.69) is 11.4 Å². The smallest absolute Gasteiger partial charge is 0.258 e. The molecule has 1 heterocycles. The third-order valence-corrected chi connectivity index (χ3v) is 4.80. The second-order valence-corrected chi connectivity index (χ2v) is 6.82. The molecule has 0 bridgehead atoms. The minimum atomic E-state index is -0.155. The van der Waals surface area contributed by atoms with E-state index >= 15 is 0 Å².